The minimum absolute atomic E-state index is 0.0605. The molecule has 2 aromatic carbocycles. The Morgan fingerprint density at radius 1 is 1.00 bits per heavy atom. The number of carbonyl (C=O) groups excluding carboxylic acids is 2. The van der Waals surface area contributed by atoms with Gasteiger partial charge in [-0.15, -0.1) is 0 Å². The summed E-state index contributed by atoms with van der Waals surface area (Å²) in [5.41, 5.74) is 4.55. The number of carboxylic acid groups (broad SMARTS) is 1. The number of ether oxygens (including phenoxy) is 1. The molecule has 2 aliphatic rings. The summed E-state index contributed by atoms with van der Waals surface area (Å²) < 4.78 is 5.63. The van der Waals surface area contributed by atoms with Gasteiger partial charge in [0.15, 0.2) is 0 Å². The predicted molar refractivity (Wildman–Crippen MR) is 133 cm³/mol. The van der Waals surface area contributed by atoms with Crippen LogP contribution in [0.25, 0.3) is 11.1 Å². The Labute approximate surface area is 206 Å². The lowest BCUT2D eigenvalue weighted by Crippen LogP contribution is -2.53. The first-order valence-electron chi connectivity index (χ1n) is 12.6. The molecule has 2 aromatic rings. The van der Waals surface area contributed by atoms with Gasteiger partial charge >= 0.3 is 12.1 Å². The largest absolute Gasteiger partial charge is 0.481 e. The van der Waals surface area contributed by atoms with Gasteiger partial charge in [0.25, 0.3) is 0 Å². The lowest BCUT2D eigenvalue weighted by Gasteiger charge is -2.30. The van der Waals surface area contributed by atoms with Crippen molar-refractivity contribution in [3.05, 3.63) is 59.7 Å². The van der Waals surface area contributed by atoms with Crippen LogP contribution in [0.15, 0.2) is 48.5 Å². The van der Waals surface area contributed by atoms with Crippen molar-refractivity contribution >= 4 is 18.0 Å². The molecule has 0 bridgehead atoms. The number of benzene rings is 2. The van der Waals surface area contributed by atoms with E-state index in [2.05, 4.69) is 34.9 Å². The van der Waals surface area contributed by atoms with E-state index in [1.807, 2.05) is 31.2 Å². The lowest BCUT2D eigenvalue weighted by molar-refractivity contribution is -0.144. The average molecular weight is 479 g/mol. The van der Waals surface area contributed by atoms with Crippen molar-refractivity contribution in [1.29, 1.82) is 0 Å². The Balaban J connectivity index is 1.39. The minimum atomic E-state index is -0.885. The van der Waals surface area contributed by atoms with Gasteiger partial charge in [0.2, 0.25) is 5.91 Å². The van der Waals surface area contributed by atoms with Crippen LogP contribution in [0.4, 0.5) is 4.79 Å². The summed E-state index contributed by atoms with van der Waals surface area (Å²) in [7, 11) is 0. The molecule has 0 saturated heterocycles. The smallest absolute Gasteiger partial charge is 0.407 e. The fourth-order valence-electron chi connectivity index (χ4n) is 5.34. The molecule has 1 saturated carbocycles. The van der Waals surface area contributed by atoms with Crippen molar-refractivity contribution in [2.45, 2.75) is 69.9 Å². The Morgan fingerprint density at radius 3 is 2.26 bits per heavy atom. The summed E-state index contributed by atoms with van der Waals surface area (Å²) in [5.74, 6) is -1.88. The summed E-state index contributed by atoms with van der Waals surface area (Å²) in [6.07, 6.45) is 4.38. The monoisotopic (exact) mass is 478 g/mol. The third kappa shape index (κ3) is 5.66. The molecule has 1 fully saturated rings. The van der Waals surface area contributed by atoms with Gasteiger partial charge in [-0.3, -0.25) is 9.59 Å². The van der Waals surface area contributed by atoms with Crippen LogP contribution >= 0.6 is 0 Å². The van der Waals surface area contributed by atoms with Gasteiger partial charge in [0, 0.05) is 12.0 Å². The Morgan fingerprint density at radius 2 is 1.63 bits per heavy atom. The number of carboxylic acids is 1. The van der Waals surface area contributed by atoms with E-state index in [-0.39, 0.29) is 18.4 Å². The average Bonchev–Trinajstić information content (AvgIpc) is 3.19. The Kier molecular flexibility index (Phi) is 8.06. The van der Waals surface area contributed by atoms with Gasteiger partial charge in [-0.2, -0.15) is 0 Å². The van der Waals surface area contributed by atoms with E-state index in [4.69, 9.17) is 4.74 Å². The number of rotatable bonds is 9. The van der Waals surface area contributed by atoms with Crippen LogP contribution < -0.4 is 10.6 Å². The molecule has 35 heavy (non-hydrogen) atoms. The number of aliphatic carboxylic acids is 1. The van der Waals surface area contributed by atoms with E-state index in [1.54, 1.807) is 0 Å². The van der Waals surface area contributed by atoms with Crippen molar-refractivity contribution in [2.24, 2.45) is 5.92 Å². The topological polar surface area (TPSA) is 105 Å². The molecule has 3 atom stereocenters. The van der Waals surface area contributed by atoms with Crippen LogP contribution in [0.2, 0.25) is 0 Å². The van der Waals surface area contributed by atoms with Gasteiger partial charge in [-0.1, -0.05) is 81.1 Å². The van der Waals surface area contributed by atoms with Crippen molar-refractivity contribution in [3.8, 4) is 11.1 Å². The predicted octanol–water partition coefficient (Wildman–Crippen LogP) is 4.84. The fourth-order valence-corrected chi connectivity index (χ4v) is 5.34. The highest BCUT2D eigenvalue weighted by molar-refractivity contribution is 5.86. The zero-order chi connectivity index (χ0) is 24.8. The van der Waals surface area contributed by atoms with Gasteiger partial charge in [-0.05, 0) is 41.5 Å². The highest BCUT2D eigenvalue weighted by Gasteiger charge is 2.34. The molecule has 7 nitrogen and oxygen atoms in total. The normalized spacial score (nSPS) is 19.8. The summed E-state index contributed by atoms with van der Waals surface area (Å²) in [4.78, 5) is 37.4. The number of carbonyl (C=O) groups is 3. The first-order valence-corrected chi connectivity index (χ1v) is 12.6. The summed E-state index contributed by atoms with van der Waals surface area (Å²) in [6.45, 7) is 2.19. The molecule has 186 valence electrons. The third-order valence-corrected chi connectivity index (χ3v) is 7.21. The fraction of sp³-hybridized carbons (Fsp3) is 0.464. The summed E-state index contributed by atoms with van der Waals surface area (Å²) >= 11 is 0. The van der Waals surface area contributed by atoms with E-state index in [0.717, 1.165) is 47.9 Å². The third-order valence-electron chi connectivity index (χ3n) is 7.21. The van der Waals surface area contributed by atoms with Crippen molar-refractivity contribution in [1.82, 2.24) is 10.6 Å². The second-order valence-corrected chi connectivity index (χ2v) is 9.51. The van der Waals surface area contributed by atoms with Crippen molar-refractivity contribution in [3.63, 3.8) is 0 Å². The maximum atomic E-state index is 13.0. The standard InChI is InChI=1S/C28H34N2O5/c1-2-3-15-25(26(31)29-24-16-9-8-14-22(24)27(32)33)30-28(34)35-17-23-20-12-6-4-10-18(20)19-11-5-7-13-21(19)23/h4-7,10-13,22-25H,2-3,8-9,14-17H2,1H3,(H,29,31)(H,30,34)(H,32,33). The van der Waals surface area contributed by atoms with E-state index < -0.39 is 30.1 Å². The Hall–Kier alpha value is -3.35. The van der Waals surface area contributed by atoms with Crippen LogP contribution in [-0.4, -0.2) is 41.8 Å². The number of unbranched alkanes of at least 4 members (excludes halogenated alkanes) is 1. The molecule has 0 spiro atoms. The number of amides is 2. The quantitative estimate of drug-likeness (QED) is 0.478. The highest BCUT2D eigenvalue weighted by Crippen LogP contribution is 2.44. The highest BCUT2D eigenvalue weighted by atomic mass is 16.5. The van der Waals surface area contributed by atoms with Crippen LogP contribution in [0, 0.1) is 5.92 Å². The molecule has 0 radical (unpaired) electrons. The van der Waals surface area contributed by atoms with Crippen LogP contribution in [0.3, 0.4) is 0 Å². The molecule has 4 rings (SSSR count). The zero-order valence-electron chi connectivity index (χ0n) is 20.2. The molecule has 2 amide bonds. The molecule has 0 aliphatic heterocycles. The van der Waals surface area contributed by atoms with E-state index >= 15 is 0 Å². The number of alkyl carbamates (subject to hydrolysis) is 1. The minimum Gasteiger partial charge on any atom is -0.481 e. The van der Waals surface area contributed by atoms with E-state index in [1.165, 1.54) is 0 Å². The molecule has 3 N–H and O–H groups in total. The number of nitrogens with one attached hydrogen (secondary N) is 2. The molecular formula is C28H34N2O5. The molecule has 2 aliphatic carbocycles. The van der Waals surface area contributed by atoms with Crippen LogP contribution in [0.1, 0.15) is 68.9 Å². The molecule has 0 aromatic heterocycles. The SMILES string of the molecule is CCCCC(NC(=O)OCC1c2ccccc2-c2ccccc21)C(=O)NC1CCCCC1C(=O)O. The first kappa shape index (κ1) is 24.8. The number of fused-ring (bicyclic) bond motifs is 3. The zero-order valence-corrected chi connectivity index (χ0v) is 20.2. The Bertz CT molecular complexity index is 1020. The van der Waals surface area contributed by atoms with Gasteiger partial charge < -0.3 is 20.5 Å². The molecule has 0 heterocycles. The van der Waals surface area contributed by atoms with Crippen LogP contribution in [0.5, 0.6) is 0 Å². The lowest BCUT2D eigenvalue weighted by atomic mass is 9.84. The molecular weight excluding hydrogens is 444 g/mol. The van der Waals surface area contributed by atoms with Crippen LogP contribution in [-0.2, 0) is 14.3 Å². The maximum absolute atomic E-state index is 13.0. The molecule has 3 unspecified atom stereocenters. The van der Waals surface area contributed by atoms with Gasteiger partial charge in [0.05, 0.1) is 5.92 Å². The van der Waals surface area contributed by atoms with Crippen molar-refractivity contribution in [2.75, 3.05) is 6.61 Å². The van der Waals surface area contributed by atoms with Gasteiger partial charge in [0.1, 0.15) is 12.6 Å². The molecule has 7 heteroatoms. The number of hydrogen-bond donors (Lipinski definition) is 3. The second kappa shape index (κ2) is 11.4. The summed E-state index contributed by atoms with van der Waals surface area (Å²) in [6, 6.07) is 15.1. The maximum Gasteiger partial charge on any atom is 0.407 e. The first-order chi connectivity index (χ1) is 17.0. The van der Waals surface area contributed by atoms with E-state index in [0.29, 0.717) is 19.3 Å². The second-order valence-electron chi connectivity index (χ2n) is 9.51. The van der Waals surface area contributed by atoms with Crippen molar-refractivity contribution < 1.29 is 24.2 Å². The van der Waals surface area contributed by atoms with E-state index in [9.17, 15) is 19.5 Å². The summed E-state index contributed by atoms with van der Waals surface area (Å²) in [5, 5.41) is 15.2. The number of hydrogen-bond acceptors (Lipinski definition) is 4. The van der Waals surface area contributed by atoms with Gasteiger partial charge in [-0.25, -0.2) is 4.79 Å².